The largest absolute Gasteiger partial charge is 0.497 e. The molecule has 1 amide bonds. The maximum absolute atomic E-state index is 12.0. The first kappa shape index (κ1) is 13.1. The highest BCUT2D eigenvalue weighted by molar-refractivity contribution is 5.93. The second-order valence-electron chi connectivity index (χ2n) is 4.12. The molecule has 98 valence electrons. The third-order valence-electron chi connectivity index (χ3n) is 2.82. The minimum atomic E-state index is -0.156. The van der Waals surface area contributed by atoms with Crippen molar-refractivity contribution in [2.24, 2.45) is 5.84 Å². The topological polar surface area (TPSA) is 55.6 Å². The van der Waals surface area contributed by atoms with E-state index in [1.165, 1.54) is 0 Å². The monoisotopic (exact) mass is 256 g/mol. The van der Waals surface area contributed by atoms with E-state index in [2.05, 4.69) is 0 Å². The summed E-state index contributed by atoms with van der Waals surface area (Å²) >= 11 is 0. The molecule has 2 N–H and O–H groups in total. The minimum absolute atomic E-state index is 0.156. The minimum Gasteiger partial charge on any atom is -0.497 e. The molecule has 4 heteroatoms. The van der Waals surface area contributed by atoms with Gasteiger partial charge in [0.2, 0.25) is 5.91 Å². The fourth-order valence-corrected chi connectivity index (χ4v) is 1.74. The Bertz CT molecular complexity index is 538. The van der Waals surface area contributed by atoms with Gasteiger partial charge >= 0.3 is 0 Å². The van der Waals surface area contributed by atoms with Gasteiger partial charge in [0, 0.05) is 0 Å². The number of anilines is 1. The first-order valence-electron chi connectivity index (χ1n) is 5.96. The number of amides is 1. The molecule has 0 saturated heterocycles. The van der Waals surface area contributed by atoms with Gasteiger partial charge in [0.05, 0.1) is 19.2 Å². The van der Waals surface area contributed by atoms with Gasteiger partial charge in [0.15, 0.2) is 0 Å². The van der Waals surface area contributed by atoms with Gasteiger partial charge in [-0.15, -0.1) is 0 Å². The Morgan fingerprint density at radius 2 is 1.74 bits per heavy atom. The van der Waals surface area contributed by atoms with Gasteiger partial charge < -0.3 is 4.74 Å². The van der Waals surface area contributed by atoms with Crippen LogP contribution in [-0.4, -0.2) is 13.0 Å². The van der Waals surface area contributed by atoms with E-state index in [-0.39, 0.29) is 12.3 Å². The first-order valence-corrected chi connectivity index (χ1v) is 5.96. The smallest absolute Gasteiger partial charge is 0.245 e. The molecule has 0 fully saturated rings. The molecule has 4 nitrogen and oxygen atoms in total. The Morgan fingerprint density at radius 3 is 2.32 bits per heavy atom. The van der Waals surface area contributed by atoms with Crippen LogP contribution in [0.5, 0.6) is 5.75 Å². The molecule has 2 aromatic rings. The van der Waals surface area contributed by atoms with Crippen LogP contribution in [0.15, 0.2) is 54.6 Å². The summed E-state index contributed by atoms with van der Waals surface area (Å²) < 4.78 is 5.06. The van der Waals surface area contributed by atoms with E-state index in [9.17, 15) is 4.79 Å². The molecular formula is C15H16N2O2. The van der Waals surface area contributed by atoms with Gasteiger partial charge in [-0.05, 0) is 29.8 Å². The van der Waals surface area contributed by atoms with Crippen molar-refractivity contribution < 1.29 is 9.53 Å². The Kier molecular flexibility index (Phi) is 4.15. The van der Waals surface area contributed by atoms with Crippen LogP contribution in [0.1, 0.15) is 5.56 Å². The number of hydrogen-bond acceptors (Lipinski definition) is 3. The van der Waals surface area contributed by atoms with Crippen molar-refractivity contribution in [1.29, 1.82) is 0 Å². The van der Waals surface area contributed by atoms with Crippen molar-refractivity contribution in [3.63, 3.8) is 0 Å². The lowest BCUT2D eigenvalue weighted by Gasteiger charge is -2.17. The van der Waals surface area contributed by atoms with Crippen molar-refractivity contribution in [3.8, 4) is 5.75 Å². The highest BCUT2D eigenvalue weighted by Gasteiger charge is 2.12. The van der Waals surface area contributed by atoms with Gasteiger partial charge in [0.25, 0.3) is 0 Å². The maximum atomic E-state index is 12.0. The van der Waals surface area contributed by atoms with Gasteiger partial charge in [-0.3, -0.25) is 4.79 Å². The Morgan fingerprint density at radius 1 is 1.11 bits per heavy atom. The summed E-state index contributed by atoms with van der Waals surface area (Å²) in [7, 11) is 1.59. The molecule has 0 aromatic heterocycles. The molecule has 2 rings (SSSR count). The van der Waals surface area contributed by atoms with E-state index < -0.39 is 0 Å². The zero-order chi connectivity index (χ0) is 13.7. The number of carbonyl (C=O) groups is 1. The highest BCUT2D eigenvalue weighted by atomic mass is 16.5. The van der Waals surface area contributed by atoms with E-state index in [1.54, 1.807) is 31.4 Å². The molecule has 19 heavy (non-hydrogen) atoms. The molecule has 0 spiro atoms. The lowest BCUT2D eigenvalue weighted by Crippen LogP contribution is -2.38. The lowest BCUT2D eigenvalue weighted by molar-refractivity contribution is -0.118. The fourth-order valence-electron chi connectivity index (χ4n) is 1.74. The highest BCUT2D eigenvalue weighted by Crippen LogP contribution is 2.17. The number of benzene rings is 2. The summed E-state index contributed by atoms with van der Waals surface area (Å²) in [6.07, 6.45) is 0.281. The van der Waals surface area contributed by atoms with E-state index in [0.29, 0.717) is 5.69 Å². The third-order valence-corrected chi connectivity index (χ3v) is 2.82. The summed E-state index contributed by atoms with van der Waals surface area (Å²) in [4.78, 5) is 12.0. The van der Waals surface area contributed by atoms with Gasteiger partial charge in [-0.2, -0.15) is 0 Å². The number of rotatable bonds is 4. The van der Waals surface area contributed by atoms with Crippen molar-refractivity contribution >= 4 is 11.6 Å². The molecule has 0 heterocycles. The predicted octanol–water partition coefficient (Wildman–Crippen LogP) is 2.14. The van der Waals surface area contributed by atoms with Crippen LogP contribution in [0.25, 0.3) is 0 Å². The van der Waals surface area contributed by atoms with Crippen LogP contribution in [0.4, 0.5) is 5.69 Å². The lowest BCUT2D eigenvalue weighted by atomic mass is 10.1. The summed E-state index contributed by atoms with van der Waals surface area (Å²) in [5.74, 6) is 6.39. The number of nitrogens with zero attached hydrogens (tertiary/aromatic N) is 1. The second-order valence-corrected chi connectivity index (χ2v) is 4.12. The van der Waals surface area contributed by atoms with Crippen molar-refractivity contribution in [1.82, 2.24) is 0 Å². The molecule has 0 atom stereocenters. The van der Waals surface area contributed by atoms with E-state index in [0.717, 1.165) is 16.3 Å². The molecule has 0 aliphatic rings. The third kappa shape index (κ3) is 3.33. The molecule has 2 aromatic carbocycles. The van der Waals surface area contributed by atoms with Crippen LogP contribution in [0.2, 0.25) is 0 Å². The average Bonchev–Trinajstić information content (AvgIpc) is 2.47. The molecule has 0 bridgehead atoms. The van der Waals surface area contributed by atoms with Crippen LogP contribution >= 0.6 is 0 Å². The molecule has 0 aliphatic heterocycles. The Labute approximate surface area is 112 Å². The fraction of sp³-hybridized carbons (Fsp3) is 0.133. The summed E-state index contributed by atoms with van der Waals surface area (Å²) in [5, 5.41) is 1.16. The SMILES string of the molecule is COc1ccc(N(N)C(=O)Cc2ccccc2)cc1. The second kappa shape index (κ2) is 6.02. The van der Waals surface area contributed by atoms with E-state index >= 15 is 0 Å². The van der Waals surface area contributed by atoms with Gasteiger partial charge in [0.1, 0.15) is 5.75 Å². The number of ether oxygens (including phenoxy) is 1. The molecule has 0 unspecified atom stereocenters. The van der Waals surface area contributed by atoms with Crippen molar-refractivity contribution in [2.75, 3.05) is 12.1 Å². The van der Waals surface area contributed by atoms with Gasteiger partial charge in [-0.1, -0.05) is 30.3 Å². The average molecular weight is 256 g/mol. The maximum Gasteiger partial charge on any atom is 0.245 e. The van der Waals surface area contributed by atoms with Gasteiger partial charge in [-0.25, -0.2) is 10.9 Å². The molecule has 0 aliphatic carbocycles. The van der Waals surface area contributed by atoms with Crippen LogP contribution < -0.4 is 15.6 Å². The van der Waals surface area contributed by atoms with Crippen molar-refractivity contribution in [3.05, 3.63) is 60.2 Å². The quantitative estimate of drug-likeness (QED) is 0.518. The summed E-state index contributed by atoms with van der Waals surface area (Å²) in [5.41, 5.74) is 1.58. The summed E-state index contributed by atoms with van der Waals surface area (Å²) in [6, 6.07) is 16.6. The number of carbonyl (C=O) groups excluding carboxylic acids is 1. The van der Waals surface area contributed by atoms with Crippen molar-refractivity contribution in [2.45, 2.75) is 6.42 Å². The normalized spacial score (nSPS) is 10.0. The predicted molar refractivity (Wildman–Crippen MR) is 74.8 cm³/mol. The first-order chi connectivity index (χ1) is 9.20. The standard InChI is InChI=1S/C15H16N2O2/c1-19-14-9-7-13(8-10-14)17(16)15(18)11-12-5-3-2-4-6-12/h2-10H,11,16H2,1H3. The number of methoxy groups -OCH3 is 1. The Hall–Kier alpha value is -2.33. The van der Waals surface area contributed by atoms with E-state index in [4.69, 9.17) is 10.6 Å². The zero-order valence-corrected chi connectivity index (χ0v) is 10.7. The summed E-state index contributed by atoms with van der Waals surface area (Å²) in [6.45, 7) is 0. The zero-order valence-electron chi connectivity index (χ0n) is 10.7. The molecule has 0 radical (unpaired) electrons. The molecular weight excluding hydrogens is 240 g/mol. The number of hydrogen-bond donors (Lipinski definition) is 1. The van der Waals surface area contributed by atoms with Crippen LogP contribution in [0, 0.1) is 0 Å². The Balaban J connectivity index is 2.06. The molecule has 0 saturated carbocycles. The number of nitrogens with two attached hydrogens (primary N) is 1. The van der Waals surface area contributed by atoms with E-state index in [1.807, 2.05) is 30.3 Å². The van der Waals surface area contributed by atoms with Crippen LogP contribution in [-0.2, 0) is 11.2 Å². The van der Waals surface area contributed by atoms with Crippen LogP contribution in [0.3, 0.4) is 0 Å². The number of hydrazine groups is 1.